The molecule has 1 amide bonds. The third-order valence-corrected chi connectivity index (χ3v) is 6.74. The lowest BCUT2D eigenvalue weighted by atomic mass is 10.2. The predicted molar refractivity (Wildman–Crippen MR) is 109 cm³/mol. The number of nitrogens with one attached hydrogen (secondary N) is 1. The standard InChI is InChI=1S/C19H18N2O6S2/c1-26-13-4-6-14(7-5-13)29(24,25)10-9-17(22)21-19-20-15-8-3-12(18(23)27-2)11-16(15)28-19/h3-8,11H,9-10H2,1-2H3,(H,20,21,22). The smallest absolute Gasteiger partial charge is 0.337 e. The number of ether oxygens (including phenoxy) is 2. The number of hydrogen-bond donors (Lipinski definition) is 1. The Hall–Kier alpha value is -2.98. The number of methoxy groups -OCH3 is 2. The molecule has 2 aromatic carbocycles. The topological polar surface area (TPSA) is 112 Å². The van der Waals surface area contributed by atoms with Crippen LogP contribution in [0.15, 0.2) is 47.4 Å². The Kier molecular flexibility index (Phi) is 6.14. The molecule has 1 aromatic heterocycles. The van der Waals surface area contributed by atoms with Gasteiger partial charge in [0, 0.05) is 6.42 Å². The van der Waals surface area contributed by atoms with E-state index in [9.17, 15) is 18.0 Å². The van der Waals surface area contributed by atoms with Gasteiger partial charge in [-0.3, -0.25) is 4.79 Å². The van der Waals surface area contributed by atoms with Gasteiger partial charge in [-0.25, -0.2) is 18.2 Å². The lowest BCUT2D eigenvalue weighted by Gasteiger charge is -2.06. The molecule has 0 unspecified atom stereocenters. The summed E-state index contributed by atoms with van der Waals surface area (Å²) in [6, 6.07) is 10.9. The second-order valence-corrected chi connectivity index (χ2v) is 9.13. The number of amides is 1. The van der Waals surface area contributed by atoms with E-state index in [0.29, 0.717) is 26.7 Å². The number of fused-ring (bicyclic) bond motifs is 1. The highest BCUT2D eigenvalue weighted by atomic mass is 32.2. The third-order valence-electron chi connectivity index (χ3n) is 4.07. The number of rotatable bonds is 7. The largest absolute Gasteiger partial charge is 0.497 e. The molecule has 3 rings (SSSR count). The van der Waals surface area contributed by atoms with E-state index in [1.54, 1.807) is 30.3 Å². The van der Waals surface area contributed by atoms with Crippen LogP contribution in [0.2, 0.25) is 0 Å². The summed E-state index contributed by atoms with van der Waals surface area (Å²) in [5.41, 5.74) is 0.996. The van der Waals surface area contributed by atoms with Gasteiger partial charge in [0.25, 0.3) is 0 Å². The van der Waals surface area contributed by atoms with Crippen molar-refractivity contribution >= 4 is 48.4 Å². The molecule has 0 atom stereocenters. The Morgan fingerprint density at radius 2 is 1.83 bits per heavy atom. The molecule has 0 bridgehead atoms. The molecule has 1 N–H and O–H groups in total. The number of carbonyl (C=O) groups is 2. The first kappa shape index (κ1) is 20.7. The average molecular weight is 434 g/mol. The lowest BCUT2D eigenvalue weighted by molar-refractivity contribution is -0.115. The van der Waals surface area contributed by atoms with Crippen molar-refractivity contribution in [1.82, 2.24) is 4.98 Å². The van der Waals surface area contributed by atoms with Crippen molar-refractivity contribution in [3.8, 4) is 5.75 Å². The molecular formula is C19H18N2O6S2. The number of sulfone groups is 1. The predicted octanol–water partition coefficient (Wildman–Crippen LogP) is 2.89. The fourth-order valence-electron chi connectivity index (χ4n) is 2.53. The molecule has 0 fully saturated rings. The zero-order valence-electron chi connectivity index (χ0n) is 15.7. The second kappa shape index (κ2) is 8.58. The molecule has 1 heterocycles. The maximum Gasteiger partial charge on any atom is 0.337 e. The van der Waals surface area contributed by atoms with E-state index >= 15 is 0 Å². The molecule has 0 radical (unpaired) electrons. The van der Waals surface area contributed by atoms with Crippen LogP contribution in [0.5, 0.6) is 5.75 Å². The summed E-state index contributed by atoms with van der Waals surface area (Å²) in [5.74, 6) is -0.709. The molecule has 152 valence electrons. The Labute approximate surface area is 171 Å². The highest BCUT2D eigenvalue weighted by Crippen LogP contribution is 2.27. The van der Waals surface area contributed by atoms with E-state index in [4.69, 9.17) is 4.74 Å². The number of esters is 1. The van der Waals surface area contributed by atoms with Gasteiger partial charge in [-0.05, 0) is 42.5 Å². The van der Waals surface area contributed by atoms with E-state index in [2.05, 4.69) is 15.0 Å². The quantitative estimate of drug-likeness (QED) is 0.569. The molecule has 29 heavy (non-hydrogen) atoms. The molecule has 0 spiro atoms. The summed E-state index contributed by atoms with van der Waals surface area (Å²) in [4.78, 5) is 28.2. The van der Waals surface area contributed by atoms with Crippen LogP contribution in [-0.4, -0.2) is 45.3 Å². The van der Waals surface area contributed by atoms with Crippen molar-refractivity contribution in [2.45, 2.75) is 11.3 Å². The minimum Gasteiger partial charge on any atom is -0.497 e. The second-order valence-electron chi connectivity index (χ2n) is 5.99. The first-order valence-electron chi connectivity index (χ1n) is 8.48. The Bertz CT molecular complexity index is 1150. The summed E-state index contributed by atoms with van der Waals surface area (Å²) in [6.45, 7) is 0. The van der Waals surface area contributed by atoms with Crippen molar-refractivity contribution in [3.05, 3.63) is 48.0 Å². The molecule has 8 nitrogen and oxygen atoms in total. The Morgan fingerprint density at radius 3 is 2.48 bits per heavy atom. The SMILES string of the molecule is COC(=O)c1ccc2nc(NC(=O)CCS(=O)(=O)c3ccc(OC)cc3)sc2c1. The van der Waals surface area contributed by atoms with Gasteiger partial charge in [0.05, 0.1) is 40.6 Å². The normalized spacial score (nSPS) is 11.2. The number of hydrogen-bond acceptors (Lipinski definition) is 8. The molecule has 0 aliphatic heterocycles. The van der Waals surface area contributed by atoms with Gasteiger partial charge in [-0.2, -0.15) is 0 Å². The van der Waals surface area contributed by atoms with Crippen LogP contribution in [0.4, 0.5) is 5.13 Å². The minimum absolute atomic E-state index is 0.126. The molecule has 3 aromatic rings. The van der Waals surface area contributed by atoms with Crippen molar-refractivity contribution in [2.24, 2.45) is 0 Å². The van der Waals surface area contributed by atoms with Gasteiger partial charge < -0.3 is 14.8 Å². The molecule has 0 aliphatic rings. The summed E-state index contributed by atoms with van der Waals surface area (Å²) < 4.78 is 35.2. The maximum absolute atomic E-state index is 12.4. The highest BCUT2D eigenvalue weighted by molar-refractivity contribution is 7.91. The summed E-state index contributed by atoms with van der Waals surface area (Å²) >= 11 is 1.19. The van der Waals surface area contributed by atoms with Gasteiger partial charge in [0.15, 0.2) is 15.0 Å². The van der Waals surface area contributed by atoms with E-state index in [1.165, 1.54) is 37.7 Å². The zero-order valence-corrected chi connectivity index (χ0v) is 17.3. The van der Waals surface area contributed by atoms with Crippen LogP contribution in [0.1, 0.15) is 16.8 Å². The van der Waals surface area contributed by atoms with Crippen molar-refractivity contribution in [3.63, 3.8) is 0 Å². The average Bonchev–Trinajstić information content (AvgIpc) is 3.13. The van der Waals surface area contributed by atoms with Crippen molar-refractivity contribution in [2.75, 3.05) is 25.3 Å². The van der Waals surface area contributed by atoms with Gasteiger partial charge in [-0.1, -0.05) is 11.3 Å². The Balaban J connectivity index is 1.64. The number of anilines is 1. The lowest BCUT2D eigenvalue weighted by Crippen LogP contribution is -2.17. The van der Waals surface area contributed by atoms with Crippen LogP contribution in [0.3, 0.4) is 0 Å². The summed E-state index contributed by atoms with van der Waals surface area (Å²) in [7, 11) is -0.811. The number of thiazole rings is 1. The van der Waals surface area contributed by atoms with Gasteiger partial charge in [-0.15, -0.1) is 0 Å². The highest BCUT2D eigenvalue weighted by Gasteiger charge is 2.18. The first-order chi connectivity index (χ1) is 13.8. The van der Waals surface area contributed by atoms with Crippen LogP contribution >= 0.6 is 11.3 Å². The van der Waals surface area contributed by atoms with E-state index < -0.39 is 21.7 Å². The summed E-state index contributed by atoms with van der Waals surface area (Å²) in [5, 5.41) is 2.93. The van der Waals surface area contributed by atoms with Gasteiger partial charge >= 0.3 is 5.97 Å². The summed E-state index contributed by atoms with van der Waals surface area (Å²) in [6.07, 6.45) is -0.211. The third kappa shape index (κ3) is 4.90. The number of nitrogens with zero attached hydrogens (tertiary/aromatic N) is 1. The van der Waals surface area contributed by atoms with Gasteiger partial charge in [0.2, 0.25) is 5.91 Å². The fraction of sp³-hybridized carbons (Fsp3) is 0.211. The molecule has 0 saturated heterocycles. The molecule has 0 saturated carbocycles. The fourth-order valence-corrected chi connectivity index (χ4v) is 4.69. The van der Waals surface area contributed by atoms with Crippen molar-refractivity contribution in [1.29, 1.82) is 0 Å². The number of aromatic nitrogens is 1. The van der Waals surface area contributed by atoms with E-state index in [1.807, 2.05) is 0 Å². The molecule has 0 aliphatic carbocycles. The van der Waals surface area contributed by atoms with Crippen molar-refractivity contribution < 1.29 is 27.5 Å². The van der Waals surface area contributed by atoms with Crippen LogP contribution < -0.4 is 10.1 Å². The first-order valence-corrected chi connectivity index (χ1v) is 10.9. The van der Waals surface area contributed by atoms with Crippen LogP contribution in [0.25, 0.3) is 10.2 Å². The zero-order chi connectivity index (χ0) is 21.0. The van der Waals surface area contributed by atoms with Gasteiger partial charge in [0.1, 0.15) is 5.75 Å². The van der Waals surface area contributed by atoms with Crippen LogP contribution in [-0.2, 0) is 19.4 Å². The van der Waals surface area contributed by atoms with E-state index in [-0.39, 0.29) is 17.1 Å². The monoisotopic (exact) mass is 434 g/mol. The number of carbonyl (C=O) groups excluding carboxylic acids is 2. The molecular weight excluding hydrogens is 416 g/mol. The number of benzene rings is 2. The van der Waals surface area contributed by atoms with Crippen LogP contribution in [0, 0.1) is 0 Å². The molecule has 10 heteroatoms. The Morgan fingerprint density at radius 1 is 1.10 bits per heavy atom. The van der Waals surface area contributed by atoms with E-state index in [0.717, 1.165) is 0 Å². The minimum atomic E-state index is -3.60. The maximum atomic E-state index is 12.4.